The number of hydrogen-bond donors (Lipinski definition) is 1. The molecular weight excluding hydrogens is 474 g/mol. The Morgan fingerprint density at radius 1 is 1.03 bits per heavy atom. The first-order valence-electron chi connectivity index (χ1n) is 11.1. The summed E-state index contributed by atoms with van der Waals surface area (Å²) in [5.41, 5.74) is 1.76. The summed E-state index contributed by atoms with van der Waals surface area (Å²) in [6, 6.07) is 13.1. The number of amides is 2. The molecule has 0 spiro atoms. The number of rotatable bonds is 9. The van der Waals surface area contributed by atoms with Crippen molar-refractivity contribution in [3.63, 3.8) is 0 Å². The number of benzene rings is 2. The van der Waals surface area contributed by atoms with E-state index in [0.29, 0.717) is 17.1 Å². The number of carbonyl (C=O) groups is 2. The van der Waals surface area contributed by atoms with Crippen molar-refractivity contribution in [1.82, 2.24) is 10.2 Å². The van der Waals surface area contributed by atoms with E-state index in [0.717, 1.165) is 21.7 Å². The standard InChI is InChI=1S/C25H34ClN3O4S/c1-7-22(24(31)27-25(3,4)5)28(16-19-10-8-18(2)9-11-19)23(30)17-29(34(6,32)33)21-14-12-20(26)13-15-21/h8-15,22H,7,16-17H2,1-6H3,(H,27,31)/t22-/m0/s1. The molecule has 0 heterocycles. The third-order valence-corrected chi connectivity index (χ3v) is 6.54. The van der Waals surface area contributed by atoms with Crippen LogP contribution in [0.2, 0.25) is 5.02 Å². The highest BCUT2D eigenvalue weighted by molar-refractivity contribution is 7.92. The van der Waals surface area contributed by atoms with Gasteiger partial charge >= 0.3 is 0 Å². The zero-order valence-electron chi connectivity index (χ0n) is 20.6. The van der Waals surface area contributed by atoms with Gasteiger partial charge in [0.25, 0.3) is 0 Å². The SMILES string of the molecule is CC[C@@H](C(=O)NC(C)(C)C)N(Cc1ccc(C)cc1)C(=O)CN(c1ccc(Cl)cc1)S(C)(=O)=O. The van der Waals surface area contributed by atoms with Gasteiger partial charge in [-0.1, -0.05) is 48.4 Å². The van der Waals surface area contributed by atoms with Gasteiger partial charge < -0.3 is 10.2 Å². The fourth-order valence-corrected chi connectivity index (χ4v) is 4.46. The third kappa shape index (κ3) is 8.02. The van der Waals surface area contributed by atoms with Gasteiger partial charge in [-0.25, -0.2) is 8.42 Å². The molecule has 1 atom stereocenters. The predicted molar refractivity (Wildman–Crippen MR) is 137 cm³/mol. The number of nitrogens with zero attached hydrogens (tertiary/aromatic N) is 2. The van der Waals surface area contributed by atoms with Crippen LogP contribution in [0.1, 0.15) is 45.2 Å². The normalized spacial score (nSPS) is 12.7. The van der Waals surface area contributed by atoms with Crippen LogP contribution in [0, 0.1) is 6.92 Å². The predicted octanol–water partition coefficient (Wildman–Crippen LogP) is 4.14. The summed E-state index contributed by atoms with van der Waals surface area (Å²) in [5.74, 6) is -0.760. The monoisotopic (exact) mass is 507 g/mol. The van der Waals surface area contributed by atoms with Gasteiger partial charge in [0.05, 0.1) is 11.9 Å². The number of sulfonamides is 1. The van der Waals surface area contributed by atoms with E-state index in [1.165, 1.54) is 4.90 Å². The molecule has 2 aromatic rings. The third-order valence-electron chi connectivity index (χ3n) is 5.15. The molecule has 0 unspecified atom stereocenters. The van der Waals surface area contributed by atoms with Gasteiger partial charge in [-0.2, -0.15) is 0 Å². The Labute approximate surface area is 208 Å². The van der Waals surface area contributed by atoms with E-state index < -0.39 is 34.1 Å². The van der Waals surface area contributed by atoms with E-state index in [4.69, 9.17) is 11.6 Å². The van der Waals surface area contributed by atoms with Gasteiger partial charge in [0, 0.05) is 17.1 Å². The summed E-state index contributed by atoms with van der Waals surface area (Å²) in [6.45, 7) is 9.14. The second-order valence-corrected chi connectivity index (χ2v) is 11.8. The number of halogens is 1. The van der Waals surface area contributed by atoms with Crippen molar-refractivity contribution < 1.29 is 18.0 Å². The van der Waals surface area contributed by atoms with E-state index >= 15 is 0 Å². The van der Waals surface area contributed by atoms with Crippen LogP contribution in [0.5, 0.6) is 0 Å². The van der Waals surface area contributed by atoms with Crippen molar-refractivity contribution in [3.05, 3.63) is 64.7 Å². The van der Waals surface area contributed by atoms with Crippen LogP contribution in [-0.4, -0.2) is 49.5 Å². The maximum Gasteiger partial charge on any atom is 0.244 e. The fourth-order valence-electron chi connectivity index (χ4n) is 3.48. The molecule has 2 aromatic carbocycles. The molecule has 0 saturated heterocycles. The van der Waals surface area contributed by atoms with Crippen LogP contribution in [0.3, 0.4) is 0 Å². The average molecular weight is 508 g/mol. The van der Waals surface area contributed by atoms with Crippen molar-refractivity contribution in [2.24, 2.45) is 0 Å². The lowest BCUT2D eigenvalue weighted by molar-refractivity contribution is -0.141. The second-order valence-electron chi connectivity index (χ2n) is 9.42. The van der Waals surface area contributed by atoms with E-state index in [1.807, 2.05) is 58.9 Å². The van der Waals surface area contributed by atoms with E-state index in [9.17, 15) is 18.0 Å². The van der Waals surface area contributed by atoms with Gasteiger partial charge in [-0.05, 0) is 63.9 Å². The zero-order chi connectivity index (χ0) is 25.7. The summed E-state index contributed by atoms with van der Waals surface area (Å²) < 4.78 is 26.2. The van der Waals surface area contributed by atoms with E-state index in [1.54, 1.807) is 24.3 Å². The first kappa shape index (κ1) is 27.7. The lowest BCUT2D eigenvalue weighted by Gasteiger charge is -2.34. The van der Waals surface area contributed by atoms with Crippen LogP contribution in [0.15, 0.2) is 48.5 Å². The van der Waals surface area contributed by atoms with Crippen molar-refractivity contribution in [2.75, 3.05) is 17.1 Å². The van der Waals surface area contributed by atoms with E-state index in [-0.39, 0.29) is 12.5 Å². The van der Waals surface area contributed by atoms with Crippen LogP contribution >= 0.6 is 11.6 Å². The molecule has 0 aliphatic carbocycles. The summed E-state index contributed by atoms with van der Waals surface area (Å²) >= 11 is 5.95. The Balaban J connectivity index is 2.43. The van der Waals surface area contributed by atoms with Crippen molar-refractivity contribution in [1.29, 1.82) is 0 Å². The van der Waals surface area contributed by atoms with Gasteiger partial charge in [-0.3, -0.25) is 13.9 Å². The largest absolute Gasteiger partial charge is 0.350 e. The number of anilines is 1. The number of nitrogens with one attached hydrogen (secondary N) is 1. The van der Waals surface area contributed by atoms with Crippen LogP contribution in [0.25, 0.3) is 0 Å². The minimum absolute atomic E-state index is 0.174. The molecule has 7 nitrogen and oxygen atoms in total. The second kappa shape index (κ2) is 11.2. The van der Waals surface area contributed by atoms with Gasteiger partial charge in [0.15, 0.2) is 0 Å². The van der Waals surface area contributed by atoms with Crippen molar-refractivity contribution in [2.45, 2.75) is 59.2 Å². The molecule has 0 bridgehead atoms. The fraction of sp³-hybridized carbons (Fsp3) is 0.440. The molecule has 2 rings (SSSR count). The van der Waals surface area contributed by atoms with Gasteiger partial charge in [0.1, 0.15) is 12.6 Å². The summed E-state index contributed by atoms with van der Waals surface area (Å²) in [6.07, 6.45) is 1.42. The van der Waals surface area contributed by atoms with Gasteiger partial charge in [0.2, 0.25) is 21.8 Å². The molecule has 1 N–H and O–H groups in total. The Morgan fingerprint density at radius 2 is 1.59 bits per heavy atom. The minimum Gasteiger partial charge on any atom is -0.350 e. The lowest BCUT2D eigenvalue weighted by atomic mass is 10.1. The smallest absolute Gasteiger partial charge is 0.244 e. The highest BCUT2D eigenvalue weighted by Gasteiger charge is 2.33. The molecule has 0 fully saturated rings. The lowest BCUT2D eigenvalue weighted by Crippen LogP contribution is -2.55. The quantitative estimate of drug-likeness (QED) is 0.552. The number of aryl methyl sites for hydroxylation is 1. The van der Waals surface area contributed by atoms with Crippen LogP contribution in [-0.2, 0) is 26.2 Å². The van der Waals surface area contributed by atoms with Crippen molar-refractivity contribution in [3.8, 4) is 0 Å². The summed E-state index contributed by atoms with van der Waals surface area (Å²) in [7, 11) is -3.78. The maximum atomic E-state index is 13.6. The first-order valence-corrected chi connectivity index (χ1v) is 13.3. The topological polar surface area (TPSA) is 86.8 Å². The maximum absolute atomic E-state index is 13.6. The average Bonchev–Trinajstić information content (AvgIpc) is 2.72. The molecule has 186 valence electrons. The Hall–Kier alpha value is -2.58. The number of hydrogen-bond acceptors (Lipinski definition) is 4. The van der Waals surface area contributed by atoms with Crippen LogP contribution in [0.4, 0.5) is 5.69 Å². The molecule has 0 aliphatic heterocycles. The molecule has 0 aromatic heterocycles. The first-order chi connectivity index (χ1) is 15.7. The molecule has 0 radical (unpaired) electrons. The Bertz CT molecular complexity index is 1090. The Kier molecular flexibility index (Phi) is 9.14. The minimum atomic E-state index is -3.78. The molecule has 34 heavy (non-hydrogen) atoms. The molecule has 0 aliphatic rings. The van der Waals surface area contributed by atoms with Crippen LogP contribution < -0.4 is 9.62 Å². The Morgan fingerprint density at radius 3 is 2.06 bits per heavy atom. The highest BCUT2D eigenvalue weighted by Crippen LogP contribution is 2.22. The molecule has 2 amide bonds. The summed E-state index contributed by atoms with van der Waals surface area (Å²) in [5, 5.41) is 3.40. The molecular formula is C25H34ClN3O4S. The molecule has 9 heteroatoms. The molecule has 0 saturated carbocycles. The van der Waals surface area contributed by atoms with Crippen molar-refractivity contribution >= 4 is 39.1 Å². The highest BCUT2D eigenvalue weighted by atomic mass is 35.5. The van der Waals surface area contributed by atoms with Gasteiger partial charge in [-0.15, -0.1) is 0 Å². The zero-order valence-corrected chi connectivity index (χ0v) is 22.2. The van der Waals surface area contributed by atoms with E-state index in [2.05, 4.69) is 5.32 Å². The number of carbonyl (C=O) groups excluding carboxylic acids is 2. The summed E-state index contributed by atoms with van der Waals surface area (Å²) in [4.78, 5) is 28.2.